The summed E-state index contributed by atoms with van der Waals surface area (Å²) in [4.78, 5) is 15.8. The number of amides is 1. The normalized spacial score (nSPS) is 29.4. The van der Waals surface area contributed by atoms with E-state index < -0.39 is 0 Å². The highest BCUT2D eigenvalue weighted by Gasteiger charge is 2.33. The minimum Gasteiger partial charge on any atom is -0.356 e. The highest BCUT2D eigenvalue weighted by Crippen LogP contribution is 2.32. The fourth-order valence-electron chi connectivity index (χ4n) is 3.29. The molecule has 6 nitrogen and oxygen atoms in total. The summed E-state index contributed by atoms with van der Waals surface area (Å²) < 4.78 is 4.88. The van der Waals surface area contributed by atoms with Crippen LogP contribution in [0, 0.1) is 5.92 Å². The molecule has 1 amide bonds. The Kier molecular flexibility index (Phi) is 3.77. The summed E-state index contributed by atoms with van der Waals surface area (Å²) in [6.45, 7) is 0.568. The molecule has 104 valence electrons. The molecule has 0 aromatic carbocycles. The van der Waals surface area contributed by atoms with Gasteiger partial charge in [0.15, 0.2) is 6.33 Å². The van der Waals surface area contributed by atoms with Crippen molar-refractivity contribution < 1.29 is 9.32 Å². The number of carbonyl (C=O) groups is 1. The molecule has 0 aliphatic carbocycles. The lowest BCUT2D eigenvalue weighted by molar-refractivity contribution is -0.122. The zero-order valence-electron chi connectivity index (χ0n) is 11.0. The van der Waals surface area contributed by atoms with E-state index in [1.807, 2.05) is 0 Å². The quantitative estimate of drug-likeness (QED) is 0.816. The number of rotatable bonds is 5. The molecule has 0 spiro atoms. The average Bonchev–Trinajstić information content (AvgIpc) is 2.99. The van der Waals surface area contributed by atoms with E-state index in [-0.39, 0.29) is 5.91 Å². The molecule has 3 heterocycles. The Morgan fingerprint density at radius 1 is 1.42 bits per heavy atom. The molecule has 2 atom stereocenters. The van der Waals surface area contributed by atoms with Crippen molar-refractivity contribution in [1.29, 1.82) is 0 Å². The van der Waals surface area contributed by atoms with Gasteiger partial charge in [0.05, 0.1) is 0 Å². The molecule has 19 heavy (non-hydrogen) atoms. The van der Waals surface area contributed by atoms with Gasteiger partial charge in [0, 0.05) is 31.5 Å². The summed E-state index contributed by atoms with van der Waals surface area (Å²) in [5.41, 5.74) is 0. The van der Waals surface area contributed by atoms with Crippen molar-refractivity contribution >= 4 is 5.91 Å². The zero-order chi connectivity index (χ0) is 13.1. The molecule has 2 fully saturated rings. The van der Waals surface area contributed by atoms with Crippen molar-refractivity contribution in [3.63, 3.8) is 0 Å². The van der Waals surface area contributed by atoms with Crippen LogP contribution in [0.4, 0.5) is 0 Å². The van der Waals surface area contributed by atoms with E-state index in [1.165, 1.54) is 19.2 Å². The number of nitrogens with one attached hydrogen (secondary N) is 2. The molecule has 2 aliphatic heterocycles. The Balaban J connectivity index is 1.37. The third kappa shape index (κ3) is 3.32. The number of hydrogen-bond acceptors (Lipinski definition) is 5. The van der Waals surface area contributed by atoms with Gasteiger partial charge in [0.25, 0.3) is 0 Å². The minimum absolute atomic E-state index is 0.144. The SMILES string of the molecule is O=C(CC1CC2CCC(C1)N2)NCCc1ncno1. The predicted molar refractivity (Wildman–Crippen MR) is 68.3 cm³/mol. The van der Waals surface area contributed by atoms with Gasteiger partial charge in [-0.15, -0.1) is 0 Å². The van der Waals surface area contributed by atoms with Crippen molar-refractivity contribution in [2.75, 3.05) is 6.54 Å². The largest absolute Gasteiger partial charge is 0.356 e. The Labute approximate surface area is 112 Å². The van der Waals surface area contributed by atoms with Crippen molar-refractivity contribution in [2.45, 2.75) is 50.6 Å². The Morgan fingerprint density at radius 2 is 2.21 bits per heavy atom. The van der Waals surface area contributed by atoms with Crippen LogP contribution >= 0.6 is 0 Å². The summed E-state index contributed by atoms with van der Waals surface area (Å²) in [6.07, 6.45) is 7.48. The third-order valence-electron chi connectivity index (χ3n) is 4.11. The fraction of sp³-hybridized carbons (Fsp3) is 0.769. The van der Waals surface area contributed by atoms with E-state index in [4.69, 9.17) is 4.52 Å². The molecule has 2 N–H and O–H groups in total. The highest BCUT2D eigenvalue weighted by molar-refractivity contribution is 5.76. The smallest absolute Gasteiger partial charge is 0.228 e. The Bertz CT molecular complexity index is 408. The maximum absolute atomic E-state index is 11.9. The number of carbonyl (C=O) groups excluding carboxylic acids is 1. The molecule has 2 aliphatic rings. The van der Waals surface area contributed by atoms with Crippen molar-refractivity contribution in [1.82, 2.24) is 20.8 Å². The number of aromatic nitrogens is 2. The van der Waals surface area contributed by atoms with Crippen LogP contribution in [-0.4, -0.2) is 34.7 Å². The number of fused-ring (bicyclic) bond motifs is 2. The summed E-state index contributed by atoms with van der Waals surface area (Å²) in [6, 6.07) is 1.30. The van der Waals surface area contributed by atoms with Gasteiger partial charge in [-0.25, -0.2) is 0 Å². The molecule has 2 bridgehead atoms. The van der Waals surface area contributed by atoms with E-state index in [0.29, 0.717) is 43.3 Å². The third-order valence-corrected chi connectivity index (χ3v) is 4.11. The van der Waals surface area contributed by atoms with Gasteiger partial charge in [-0.2, -0.15) is 4.98 Å². The van der Waals surface area contributed by atoms with Gasteiger partial charge in [0.1, 0.15) is 0 Å². The molecular formula is C13H20N4O2. The molecule has 0 radical (unpaired) electrons. The van der Waals surface area contributed by atoms with Crippen LogP contribution in [0.2, 0.25) is 0 Å². The van der Waals surface area contributed by atoms with Gasteiger partial charge in [-0.3, -0.25) is 4.79 Å². The number of hydrogen-bond donors (Lipinski definition) is 2. The topological polar surface area (TPSA) is 80.0 Å². The lowest BCUT2D eigenvalue weighted by Gasteiger charge is -2.28. The van der Waals surface area contributed by atoms with E-state index in [0.717, 1.165) is 12.8 Å². The predicted octanol–water partition coefficient (Wildman–Crippen LogP) is 0.649. The molecule has 1 aromatic rings. The second-order valence-electron chi connectivity index (χ2n) is 5.61. The van der Waals surface area contributed by atoms with Crippen LogP contribution in [0.1, 0.15) is 38.0 Å². The summed E-state index contributed by atoms with van der Waals surface area (Å²) in [5.74, 6) is 1.26. The standard InChI is InChI=1S/C13H20N4O2/c18-12(14-4-3-13-15-8-16-19-13)7-9-5-10-1-2-11(6-9)17-10/h8-11,17H,1-7H2,(H,14,18). The molecule has 0 saturated carbocycles. The van der Waals surface area contributed by atoms with E-state index in [2.05, 4.69) is 20.8 Å². The van der Waals surface area contributed by atoms with E-state index in [1.54, 1.807) is 0 Å². The van der Waals surface area contributed by atoms with Gasteiger partial charge < -0.3 is 15.2 Å². The van der Waals surface area contributed by atoms with E-state index in [9.17, 15) is 4.79 Å². The first-order valence-corrected chi connectivity index (χ1v) is 7.08. The maximum Gasteiger partial charge on any atom is 0.228 e. The lowest BCUT2D eigenvalue weighted by Crippen LogP contribution is -2.39. The van der Waals surface area contributed by atoms with Crippen LogP contribution in [0.5, 0.6) is 0 Å². The molecule has 2 unspecified atom stereocenters. The number of piperidine rings is 1. The van der Waals surface area contributed by atoms with Gasteiger partial charge in [0.2, 0.25) is 11.8 Å². The van der Waals surface area contributed by atoms with Crippen molar-refractivity contribution in [3.05, 3.63) is 12.2 Å². The van der Waals surface area contributed by atoms with Crippen molar-refractivity contribution in [2.24, 2.45) is 5.92 Å². The molecule has 3 rings (SSSR count). The highest BCUT2D eigenvalue weighted by atomic mass is 16.5. The lowest BCUT2D eigenvalue weighted by atomic mass is 9.89. The van der Waals surface area contributed by atoms with Gasteiger partial charge >= 0.3 is 0 Å². The van der Waals surface area contributed by atoms with Crippen LogP contribution in [-0.2, 0) is 11.2 Å². The van der Waals surface area contributed by atoms with Crippen LogP contribution < -0.4 is 10.6 Å². The average molecular weight is 264 g/mol. The monoisotopic (exact) mass is 264 g/mol. The molecular weight excluding hydrogens is 244 g/mol. The first-order valence-electron chi connectivity index (χ1n) is 7.08. The summed E-state index contributed by atoms with van der Waals surface area (Å²) in [5, 5.41) is 10.1. The molecule has 2 saturated heterocycles. The number of nitrogens with zero attached hydrogens (tertiary/aromatic N) is 2. The van der Waals surface area contributed by atoms with Crippen LogP contribution in [0.25, 0.3) is 0 Å². The van der Waals surface area contributed by atoms with Crippen molar-refractivity contribution in [3.8, 4) is 0 Å². The molecule has 1 aromatic heterocycles. The molecule has 6 heteroatoms. The first kappa shape index (κ1) is 12.6. The van der Waals surface area contributed by atoms with Crippen LogP contribution in [0.3, 0.4) is 0 Å². The summed E-state index contributed by atoms with van der Waals surface area (Å²) >= 11 is 0. The Morgan fingerprint density at radius 3 is 2.89 bits per heavy atom. The van der Waals surface area contributed by atoms with Crippen LogP contribution in [0.15, 0.2) is 10.9 Å². The van der Waals surface area contributed by atoms with Gasteiger partial charge in [-0.1, -0.05) is 5.16 Å². The van der Waals surface area contributed by atoms with Gasteiger partial charge in [-0.05, 0) is 31.6 Å². The second kappa shape index (κ2) is 5.69. The second-order valence-corrected chi connectivity index (χ2v) is 5.61. The Hall–Kier alpha value is -1.43. The zero-order valence-corrected chi connectivity index (χ0v) is 11.0. The first-order chi connectivity index (χ1) is 9.29. The fourth-order valence-corrected chi connectivity index (χ4v) is 3.29. The van der Waals surface area contributed by atoms with E-state index >= 15 is 0 Å². The minimum atomic E-state index is 0.144. The summed E-state index contributed by atoms with van der Waals surface area (Å²) in [7, 11) is 0. The maximum atomic E-state index is 11.9.